The molecule has 2 aromatic rings. The Kier molecular flexibility index (Phi) is 14.6. The molecule has 0 saturated carbocycles. The van der Waals surface area contributed by atoms with Crippen molar-refractivity contribution < 1.29 is 49.5 Å². The zero-order valence-electron chi connectivity index (χ0n) is 26.0. The van der Waals surface area contributed by atoms with Crippen LogP contribution in [0.4, 0.5) is 5.69 Å². The topological polar surface area (TPSA) is 220 Å². The number of rotatable bonds is 14. The number of carbonyl (C=O) groups is 5. The number of hydrogen-bond donors (Lipinski definition) is 3. The molecular weight excluding hydrogens is 614 g/mol. The van der Waals surface area contributed by atoms with E-state index in [0.29, 0.717) is 12.1 Å². The monoisotopic (exact) mass is 654 g/mol. The lowest BCUT2D eigenvalue weighted by atomic mass is 10.0. The lowest BCUT2D eigenvalue weighted by molar-refractivity contribution is -0.309. The molecule has 1 atom stereocenters. The molecule has 3 rings (SSSR count). The van der Waals surface area contributed by atoms with Crippen molar-refractivity contribution in [3.8, 4) is 5.75 Å². The summed E-state index contributed by atoms with van der Waals surface area (Å²) >= 11 is 0. The molecule has 0 radical (unpaired) electrons. The van der Waals surface area contributed by atoms with Gasteiger partial charge in [0.25, 0.3) is 0 Å². The molecule has 0 aromatic heterocycles. The Morgan fingerprint density at radius 3 is 1.77 bits per heavy atom. The zero-order chi connectivity index (χ0) is 34.3. The van der Waals surface area contributed by atoms with E-state index in [1.165, 1.54) is 0 Å². The SMILES string of the molecule is O=C([O-])CN1CCN(CC(=O)O)CCN(CC(=O)[O-])CC(Cc2ccc(NC(=O)CCc3ccc(O)cc3)cc2)N(CC(=O)[O-])CC1. The number of amides is 1. The molecule has 0 bridgehead atoms. The van der Waals surface area contributed by atoms with Crippen LogP contribution < -0.4 is 20.6 Å². The number of carboxylic acids is 4. The Morgan fingerprint density at radius 2 is 1.19 bits per heavy atom. The standard InChI is InChI=1S/C32H43N5O10/c38-27-8-3-23(4-9-27)5-10-28(39)33-25-6-1-24(2-7-25)17-26-18-36(21-31(44)45)14-13-34(19-29(40)41)11-12-35(20-30(42)43)15-16-37(26)22-32(46)47/h1-4,6-9,26,38H,5,10-22H2,(H,33,39)(H,40,41)(H,42,43)(H,44,45)(H,46,47)/p-3. The Hall–Kier alpha value is -4.57. The predicted octanol–water partition coefficient (Wildman–Crippen LogP) is -3.57. The molecule has 0 aliphatic carbocycles. The molecule has 1 fully saturated rings. The van der Waals surface area contributed by atoms with Gasteiger partial charge in [-0.2, -0.15) is 0 Å². The van der Waals surface area contributed by atoms with Gasteiger partial charge in [0.15, 0.2) is 0 Å². The third-order valence-electron chi connectivity index (χ3n) is 7.84. The number of phenols is 1. The van der Waals surface area contributed by atoms with E-state index in [0.717, 1.165) is 11.1 Å². The van der Waals surface area contributed by atoms with Crippen molar-refractivity contribution in [1.82, 2.24) is 19.6 Å². The minimum Gasteiger partial charge on any atom is -0.549 e. The van der Waals surface area contributed by atoms with E-state index in [-0.39, 0.29) is 76.9 Å². The number of phenolic OH excluding ortho intramolecular Hbond substituents is 1. The Morgan fingerprint density at radius 1 is 0.681 bits per heavy atom. The number of nitrogens with one attached hydrogen (secondary N) is 1. The average Bonchev–Trinajstić information content (AvgIpc) is 2.99. The fourth-order valence-corrected chi connectivity index (χ4v) is 5.47. The number of aryl methyl sites for hydroxylation is 1. The maximum absolute atomic E-state index is 12.5. The summed E-state index contributed by atoms with van der Waals surface area (Å²) in [7, 11) is 0. The molecule has 1 aliphatic heterocycles. The van der Waals surface area contributed by atoms with Gasteiger partial charge in [-0.05, 0) is 48.2 Å². The molecule has 1 amide bonds. The highest BCUT2D eigenvalue weighted by molar-refractivity contribution is 5.90. The van der Waals surface area contributed by atoms with Gasteiger partial charge in [-0.25, -0.2) is 0 Å². The van der Waals surface area contributed by atoms with Gasteiger partial charge >= 0.3 is 5.97 Å². The van der Waals surface area contributed by atoms with E-state index < -0.39 is 49.6 Å². The molecule has 15 nitrogen and oxygen atoms in total. The van der Waals surface area contributed by atoms with Crippen molar-refractivity contribution in [3.05, 3.63) is 59.7 Å². The molecule has 1 heterocycles. The third kappa shape index (κ3) is 14.2. The smallest absolute Gasteiger partial charge is 0.317 e. The molecule has 1 unspecified atom stereocenters. The quantitative estimate of drug-likeness (QED) is 0.180. The Balaban J connectivity index is 1.79. The Labute approximate surface area is 272 Å². The molecule has 1 aliphatic rings. The van der Waals surface area contributed by atoms with Crippen molar-refractivity contribution in [1.29, 1.82) is 0 Å². The van der Waals surface area contributed by atoms with Gasteiger partial charge in [-0.1, -0.05) is 24.3 Å². The minimum atomic E-state index is -1.36. The average molecular weight is 655 g/mol. The van der Waals surface area contributed by atoms with Crippen LogP contribution in [0.5, 0.6) is 5.75 Å². The number of benzene rings is 2. The van der Waals surface area contributed by atoms with E-state index in [2.05, 4.69) is 5.32 Å². The minimum absolute atomic E-state index is 0.0818. The van der Waals surface area contributed by atoms with E-state index in [1.807, 2.05) is 0 Å². The van der Waals surface area contributed by atoms with Gasteiger partial charge in [0.2, 0.25) is 5.91 Å². The largest absolute Gasteiger partial charge is 0.549 e. The first kappa shape index (κ1) is 36.9. The van der Waals surface area contributed by atoms with Gasteiger partial charge < -0.3 is 45.2 Å². The first-order valence-electron chi connectivity index (χ1n) is 15.3. The van der Waals surface area contributed by atoms with Crippen LogP contribution in [0.1, 0.15) is 17.5 Å². The summed E-state index contributed by atoms with van der Waals surface area (Å²) < 4.78 is 0. The van der Waals surface area contributed by atoms with Crippen LogP contribution in [-0.4, -0.2) is 138 Å². The fourth-order valence-electron chi connectivity index (χ4n) is 5.47. The van der Waals surface area contributed by atoms with Crippen molar-refractivity contribution in [2.45, 2.75) is 25.3 Å². The van der Waals surface area contributed by atoms with E-state index in [1.54, 1.807) is 68.1 Å². The number of anilines is 1. The summed E-state index contributed by atoms with van der Waals surface area (Å²) in [4.78, 5) is 65.2. The molecule has 47 heavy (non-hydrogen) atoms. The number of carboxylic acid groups (broad SMARTS) is 4. The van der Waals surface area contributed by atoms with E-state index in [4.69, 9.17) is 0 Å². The molecular formula is C32H40N5O10-3. The molecule has 3 N–H and O–H groups in total. The van der Waals surface area contributed by atoms with Crippen LogP contribution in [0.15, 0.2) is 48.5 Å². The van der Waals surface area contributed by atoms with Crippen molar-refractivity contribution in [2.75, 3.05) is 77.3 Å². The van der Waals surface area contributed by atoms with Gasteiger partial charge in [0.1, 0.15) is 5.75 Å². The summed E-state index contributed by atoms with van der Waals surface area (Å²) in [6.45, 7) is -0.810. The normalized spacial score (nSPS) is 17.7. The second-order valence-corrected chi connectivity index (χ2v) is 11.5. The molecule has 15 heteroatoms. The second-order valence-electron chi connectivity index (χ2n) is 11.5. The van der Waals surface area contributed by atoms with Crippen molar-refractivity contribution >= 4 is 35.5 Å². The summed E-state index contributed by atoms with van der Waals surface area (Å²) in [5.74, 6) is -5.20. The summed E-state index contributed by atoms with van der Waals surface area (Å²) in [5, 5.41) is 56.5. The summed E-state index contributed by atoms with van der Waals surface area (Å²) in [6, 6.07) is 13.0. The second kappa shape index (κ2) is 18.5. The van der Waals surface area contributed by atoms with Crippen LogP contribution in [0.25, 0.3) is 0 Å². The van der Waals surface area contributed by atoms with Crippen molar-refractivity contribution in [2.24, 2.45) is 0 Å². The lowest BCUT2D eigenvalue weighted by Crippen LogP contribution is -2.55. The first-order valence-corrected chi connectivity index (χ1v) is 15.3. The summed E-state index contributed by atoms with van der Waals surface area (Å²) in [6.07, 6.45) is 0.974. The highest BCUT2D eigenvalue weighted by atomic mass is 16.4. The molecule has 0 spiro atoms. The lowest BCUT2D eigenvalue weighted by Gasteiger charge is -2.39. The van der Waals surface area contributed by atoms with Gasteiger partial charge in [0.05, 0.1) is 24.5 Å². The first-order chi connectivity index (χ1) is 22.4. The number of aliphatic carboxylic acids is 4. The van der Waals surface area contributed by atoms with Crippen LogP contribution in [0.2, 0.25) is 0 Å². The molecule has 2 aromatic carbocycles. The highest BCUT2D eigenvalue weighted by Crippen LogP contribution is 2.17. The number of carbonyl (C=O) groups excluding carboxylic acids is 4. The third-order valence-corrected chi connectivity index (χ3v) is 7.84. The van der Waals surface area contributed by atoms with Crippen LogP contribution >= 0.6 is 0 Å². The van der Waals surface area contributed by atoms with E-state index in [9.17, 15) is 49.5 Å². The van der Waals surface area contributed by atoms with Gasteiger partial charge in [0, 0.05) is 83.6 Å². The van der Waals surface area contributed by atoms with Crippen LogP contribution in [0.3, 0.4) is 0 Å². The van der Waals surface area contributed by atoms with Gasteiger partial charge in [-0.15, -0.1) is 0 Å². The number of aromatic hydroxyl groups is 1. The maximum Gasteiger partial charge on any atom is 0.317 e. The summed E-state index contributed by atoms with van der Waals surface area (Å²) in [5.41, 5.74) is 2.21. The Bertz CT molecular complexity index is 1360. The zero-order valence-corrected chi connectivity index (χ0v) is 26.0. The van der Waals surface area contributed by atoms with E-state index >= 15 is 0 Å². The number of nitrogens with zero attached hydrogens (tertiary/aromatic N) is 4. The molecule has 256 valence electrons. The highest BCUT2D eigenvalue weighted by Gasteiger charge is 2.25. The maximum atomic E-state index is 12.5. The molecule has 1 saturated heterocycles. The van der Waals surface area contributed by atoms with Crippen LogP contribution in [0, 0.1) is 0 Å². The fraction of sp³-hybridized carbons (Fsp3) is 0.469. The predicted molar refractivity (Wildman–Crippen MR) is 163 cm³/mol. The number of hydrogen-bond acceptors (Lipinski definition) is 13. The van der Waals surface area contributed by atoms with Crippen molar-refractivity contribution in [3.63, 3.8) is 0 Å². The van der Waals surface area contributed by atoms with Gasteiger partial charge in [-0.3, -0.25) is 29.2 Å². The van der Waals surface area contributed by atoms with Crippen LogP contribution in [-0.2, 0) is 36.8 Å².